The number of ether oxygens (including phenoxy) is 2. The number of nitro groups is 1. The van der Waals surface area contributed by atoms with Crippen LogP contribution in [0.5, 0.6) is 0 Å². The number of nitro benzene ring substituents is 1. The van der Waals surface area contributed by atoms with Gasteiger partial charge in [0.1, 0.15) is 11.8 Å². The number of benzene rings is 1. The predicted octanol–water partition coefficient (Wildman–Crippen LogP) is 2.07. The smallest absolute Gasteiger partial charge is 0.293 e. The minimum Gasteiger partial charge on any atom is -0.377 e. The van der Waals surface area contributed by atoms with Crippen LogP contribution in [0.2, 0.25) is 0 Å². The largest absolute Gasteiger partial charge is 0.377 e. The Labute approximate surface area is 122 Å². The lowest BCUT2D eigenvalue weighted by molar-refractivity contribution is -0.384. The van der Waals surface area contributed by atoms with E-state index in [4.69, 9.17) is 14.7 Å². The van der Waals surface area contributed by atoms with Crippen LogP contribution in [0, 0.1) is 21.4 Å². The minimum atomic E-state index is -0.496. The highest BCUT2D eigenvalue weighted by Crippen LogP contribution is 2.33. The van der Waals surface area contributed by atoms with E-state index >= 15 is 0 Å². The number of nitrogens with one attached hydrogen (secondary N) is 1. The molecular formula is C14H17N3O4. The van der Waals surface area contributed by atoms with Gasteiger partial charge >= 0.3 is 0 Å². The Balaban J connectivity index is 2.13. The number of hydrogen-bond donors (Lipinski definition) is 1. The Hall–Kier alpha value is -2.17. The van der Waals surface area contributed by atoms with Crippen LogP contribution in [-0.2, 0) is 9.47 Å². The first kappa shape index (κ1) is 15.2. The lowest BCUT2D eigenvalue weighted by Crippen LogP contribution is -2.56. The third-order valence-electron chi connectivity index (χ3n) is 3.57. The van der Waals surface area contributed by atoms with Crippen molar-refractivity contribution in [3.63, 3.8) is 0 Å². The number of hydrogen-bond acceptors (Lipinski definition) is 6. The van der Waals surface area contributed by atoms with Crippen LogP contribution in [0.4, 0.5) is 11.4 Å². The van der Waals surface area contributed by atoms with Gasteiger partial charge in [0.25, 0.3) is 5.69 Å². The SMILES string of the molecule is CCOC1CC(Nc2ccc(C#N)cc2[N+](=O)[O-])C1OC. The molecule has 0 aromatic heterocycles. The number of nitriles is 1. The van der Waals surface area contributed by atoms with Crippen LogP contribution in [0.15, 0.2) is 18.2 Å². The van der Waals surface area contributed by atoms with Crippen molar-refractivity contribution < 1.29 is 14.4 Å². The number of rotatable bonds is 6. The van der Waals surface area contributed by atoms with Crippen LogP contribution in [0.25, 0.3) is 0 Å². The van der Waals surface area contributed by atoms with Crippen molar-refractivity contribution in [1.82, 2.24) is 0 Å². The summed E-state index contributed by atoms with van der Waals surface area (Å²) < 4.78 is 10.9. The third kappa shape index (κ3) is 3.12. The molecule has 3 unspecified atom stereocenters. The molecule has 3 atom stereocenters. The van der Waals surface area contributed by atoms with Crippen molar-refractivity contribution >= 4 is 11.4 Å². The molecule has 21 heavy (non-hydrogen) atoms. The molecule has 7 heteroatoms. The summed E-state index contributed by atoms with van der Waals surface area (Å²) in [5, 5.41) is 23.0. The molecule has 7 nitrogen and oxygen atoms in total. The molecule has 0 heterocycles. The van der Waals surface area contributed by atoms with Crippen LogP contribution in [0.1, 0.15) is 18.9 Å². The van der Waals surface area contributed by atoms with Crippen molar-refractivity contribution in [3.05, 3.63) is 33.9 Å². The summed E-state index contributed by atoms with van der Waals surface area (Å²) in [7, 11) is 1.59. The maximum absolute atomic E-state index is 11.1. The van der Waals surface area contributed by atoms with Crippen LogP contribution >= 0.6 is 0 Å². The lowest BCUT2D eigenvalue weighted by atomic mass is 9.85. The zero-order valence-corrected chi connectivity index (χ0v) is 11.9. The normalized spacial score (nSPS) is 24.0. The van der Waals surface area contributed by atoms with E-state index in [-0.39, 0.29) is 29.5 Å². The average Bonchev–Trinajstić information content (AvgIpc) is 2.46. The first-order chi connectivity index (χ1) is 10.1. The molecule has 1 aromatic rings. The minimum absolute atomic E-state index is 0.00920. The molecular weight excluding hydrogens is 274 g/mol. The first-order valence-corrected chi connectivity index (χ1v) is 6.70. The molecule has 1 fully saturated rings. The van der Waals surface area contributed by atoms with Gasteiger partial charge < -0.3 is 14.8 Å². The van der Waals surface area contributed by atoms with Gasteiger partial charge in [0.15, 0.2) is 0 Å². The van der Waals surface area contributed by atoms with E-state index in [0.29, 0.717) is 12.3 Å². The molecule has 0 bridgehead atoms. The highest BCUT2D eigenvalue weighted by Gasteiger charge is 2.42. The predicted molar refractivity (Wildman–Crippen MR) is 76.1 cm³/mol. The van der Waals surface area contributed by atoms with Crippen LogP contribution in [-0.4, -0.2) is 36.9 Å². The molecule has 0 spiro atoms. The fourth-order valence-corrected chi connectivity index (χ4v) is 2.49. The third-order valence-corrected chi connectivity index (χ3v) is 3.57. The number of nitrogens with zero attached hydrogens (tertiary/aromatic N) is 2. The molecule has 112 valence electrons. The van der Waals surface area contributed by atoms with E-state index in [0.717, 1.165) is 6.42 Å². The molecule has 0 saturated heterocycles. The molecule has 1 saturated carbocycles. The van der Waals surface area contributed by atoms with Gasteiger partial charge in [-0.05, 0) is 25.5 Å². The molecule has 1 aliphatic rings. The number of methoxy groups -OCH3 is 1. The van der Waals surface area contributed by atoms with Crippen molar-refractivity contribution in [3.8, 4) is 6.07 Å². The zero-order valence-electron chi connectivity index (χ0n) is 11.9. The quantitative estimate of drug-likeness (QED) is 0.636. The Kier molecular flexibility index (Phi) is 4.73. The fraction of sp³-hybridized carbons (Fsp3) is 0.500. The second kappa shape index (κ2) is 6.52. The van der Waals surface area contributed by atoms with E-state index in [9.17, 15) is 10.1 Å². The summed E-state index contributed by atoms with van der Waals surface area (Å²) >= 11 is 0. The maximum atomic E-state index is 11.1. The van der Waals surface area contributed by atoms with Gasteiger partial charge in [-0.25, -0.2) is 0 Å². The summed E-state index contributed by atoms with van der Waals surface area (Å²) in [6.45, 7) is 2.52. The van der Waals surface area contributed by atoms with Crippen molar-refractivity contribution in [2.45, 2.75) is 31.6 Å². The Morgan fingerprint density at radius 3 is 2.90 bits per heavy atom. The summed E-state index contributed by atoms with van der Waals surface area (Å²) in [5.41, 5.74) is 0.543. The Morgan fingerprint density at radius 2 is 2.33 bits per heavy atom. The second-order valence-electron chi connectivity index (χ2n) is 4.78. The van der Waals surface area contributed by atoms with Gasteiger partial charge in [-0.15, -0.1) is 0 Å². The summed E-state index contributed by atoms with van der Waals surface area (Å²) in [6, 6.07) is 6.23. The van der Waals surface area contributed by atoms with E-state index in [1.807, 2.05) is 13.0 Å². The average molecular weight is 291 g/mol. The zero-order chi connectivity index (χ0) is 15.4. The first-order valence-electron chi connectivity index (χ1n) is 6.70. The topological polar surface area (TPSA) is 97.4 Å². The standard InChI is InChI=1S/C14H17N3O4/c1-3-21-13-7-11(14(13)20-2)16-10-5-4-9(8-15)6-12(10)17(18)19/h4-6,11,13-14,16H,3,7H2,1-2H3. The van der Waals surface area contributed by atoms with Gasteiger partial charge in [-0.3, -0.25) is 10.1 Å². The monoisotopic (exact) mass is 291 g/mol. The molecule has 0 aliphatic heterocycles. The lowest BCUT2D eigenvalue weighted by Gasteiger charge is -2.43. The Morgan fingerprint density at radius 1 is 1.57 bits per heavy atom. The number of anilines is 1. The Bertz CT molecular complexity index is 570. The molecule has 1 aromatic carbocycles. The van der Waals surface area contributed by atoms with Crippen molar-refractivity contribution in [1.29, 1.82) is 5.26 Å². The molecule has 2 rings (SSSR count). The highest BCUT2D eigenvalue weighted by atomic mass is 16.6. The molecule has 1 N–H and O–H groups in total. The highest BCUT2D eigenvalue weighted by molar-refractivity contribution is 5.64. The molecule has 0 amide bonds. The van der Waals surface area contributed by atoms with Gasteiger partial charge in [0.05, 0.1) is 28.7 Å². The maximum Gasteiger partial charge on any atom is 0.293 e. The van der Waals surface area contributed by atoms with Gasteiger partial charge in [-0.2, -0.15) is 5.26 Å². The summed E-state index contributed by atoms with van der Waals surface area (Å²) in [5.74, 6) is 0. The van der Waals surface area contributed by atoms with Gasteiger partial charge in [0, 0.05) is 19.8 Å². The summed E-state index contributed by atoms with van der Waals surface area (Å²) in [6.07, 6.45) is 0.596. The van der Waals surface area contributed by atoms with Crippen LogP contribution < -0.4 is 5.32 Å². The summed E-state index contributed by atoms with van der Waals surface area (Å²) in [4.78, 5) is 10.6. The molecule has 1 aliphatic carbocycles. The van der Waals surface area contributed by atoms with E-state index in [1.54, 1.807) is 19.2 Å². The van der Waals surface area contributed by atoms with Gasteiger partial charge in [0.2, 0.25) is 0 Å². The second-order valence-corrected chi connectivity index (χ2v) is 4.78. The van der Waals surface area contributed by atoms with Crippen LogP contribution in [0.3, 0.4) is 0 Å². The van der Waals surface area contributed by atoms with E-state index < -0.39 is 4.92 Å². The fourth-order valence-electron chi connectivity index (χ4n) is 2.49. The van der Waals surface area contributed by atoms with Gasteiger partial charge in [-0.1, -0.05) is 0 Å². The van der Waals surface area contributed by atoms with E-state index in [1.165, 1.54) is 6.07 Å². The van der Waals surface area contributed by atoms with Crippen molar-refractivity contribution in [2.75, 3.05) is 19.0 Å². The van der Waals surface area contributed by atoms with E-state index in [2.05, 4.69) is 5.32 Å². The molecule has 0 radical (unpaired) electrons. The van der Waals surface area contributed by atoms with Crippen molar-refractivity contribution in [2.24, 2.45) is 0 Å².